The molecule has 0 saturated carbocycles. The summed E-state index contributed by atoms with van der Waals surface area (Å²) in [6.07, 6.45) is 3.10. The van der Waals surface area contributed by atoms with E-state index in [0.29, 0.717) is 25.3 Å². The maximum absolute atomic E-state index is 12.2. The summed E-state index contributed by atoms with van der Waals surface area (Å²) in [5.41, 5.74) is 2.45. The van der Waals surface area contributed by atoms with Crippen molar-refractivity contribution < 1.29 is 9.53 Å². The van der Waals surface area contributed by atoms with Crippen molar-refractivity contribution in [1.82, 2.24) is 25.4 Å². The standard InChI is InChI=1S/C15H21N5O2/c1-12-9-13(20-11-17-10-19-20)3-4-14(12)15(21)18-6-5-16-7-8-22-2/h3-4,9-11,16H,5-8H2,1-2H3,(H,18,21). The van der Waals surface area contributed by atoms with Crippen LogP contribution in [0.2, 0.25) is 0 Å². The molecule has 0 spiro atoms. The van der Waals surface area contributed by atoms with E-state index in [1.807, 2.05) is 19.1 Å². The smallest absolute Gasteiger partial charge is 0.251 e. The largest absolute Gasteiger partial charge is 0.383 e. The van der Waals surface area contributed by atoms with Gasteiger partial charge in [0.05, 0.1) is 12.3 Å². The summed E-state index contributed by atoms with van der Waals surface area (Å²) in [7, 11) is 1.66. The summed E-state index contributed by atoms with van der Waals surface area (Å²) < 4.78 is 6.60. The molecule has 0 aliphatic rings. The van der Waals surface area contributed by atoms with E-state index in [1.54, 1.807) is 24.2 Å². The second-order valence-electron chi connectivity index (χ2n) is 4.84. The van der Waals surface area contributed by atoms with Gasteiger partial charge in [0.25, 0.3) is 5.91 Å². The maximum atomic E-state index is 12.2. The number of nitrogens with zero attached hydrogens (tertiary/aromatic N) is 3. The van der Waals surface area contributed by atoms with E-state index in [-0.39, 0.29) is 5.91 Å². The van der Waals surface area contributed by atoms with E-state index < -0.39 is 0 Å². The van der Waals surface area contributed by atoms with Gasteiger partial charge >= 0.3 is 0 Å². The number of carbonyl (C=O) groups is 1. The zero-order valence-corrected chi connectivity index (χ0v) is 12.9. The molecule has 0 unspecified atom stereocenters. The first-order valence-electron chi connectivity index (χ1n) is 7.16. The maximum Gasteiger partial charge on any atom is 0.251 e. The van der Waals surface area contributed by atoms with Crippen molar-refractivity contribution in [3.05, 3.63) is 42.0 Å². The van der Waals surface area contributed by atoms with Crippen LogP contribution in [0, 0.1) is 6.92 Å². The van der Waals surface area contributed by atoms with Gasteiger partial charge in [-0.3, -0.25) is 4.79 Å². The topological polar surface area (TPSA) is 81.1 Å². The number of amides is 1. The number of carbonyl (C=O) groups excluding carboxylic acids is 1. The third-order valence-corrected chi connectivity index (χ3v) is 3.21. The van der Waals surface area contributed by atoms with Crippen molar-refractivity contribution in [3.63, 3.8) is 0 Å². The first-order valence-corrected chi connectivity index (χ1v) is 7.16. The number of hydrogen-bond donors (Lipinski definition) is 2. The average molecular weight is 303 g/mol. The van der Waals surface area contributed by atoms with Crippen LogP contribution >= 0.6 is 0 Å². The summed E-state index contributed by atoms with van der Waals surface area (Å²) >= 11 is 0. The molecular formula is C15H21N5O2. The zero-order chi connectivity index (χ0) is 15.8. The van der Waals surface area contributed by atoms with Gasteiger partial charge in [0.1, 0.15) is 12.7 Å². The van der Waals surface area contributed by atoms with E-state index in [1.165, 1.54) is 6.33 Å². The molecule has 0 radical (unpaired) electrons. The van der Waals surface area contributed by atoms with Crippen LogP contribution in [-0.4, -0.2) is 54.0 Å². The van der Waals surface area contributed by atoms with Crippen LogP contribution in [0.25, 0.3) is 5.69 Å². The quantitative estimate of drug-likeness (QED) is 0.696. The number of nitrogens with one attached hydrogen (secondary N) is 2. The molecule has 0 saturated heterocycles. The molecule has 7 nitrogen and oxygen atoms in total. The van der Waals surface area contributed by atoms with Crippen LogP contribution in [0.3, 0.4) is 0 Å². The minimum Gasteiger partial charge on any atom is -0.383 e. The van der Waals surface area contributed by atoms with Gasteiger partial charge in [0.15, 0.2) is 0 Å². The van der Waals surface area contributed by atoms with Crippen LogP contribution in [-0.2, 0) is 4.74 Å². The lowest BCUT2D eigenvalue weighted by Crippen LogP contribution is -2.33. The van der Waals surface area contributed by atoms with E-state index in [9.17, 15) is 4.79 Å². The number of aryl methyl sites for hydroxylation is 1. The summed E-state index contributed by atoms with van der Waals surface area (Å²) in [5, 5.41) is 10.1. The van der Waals surface area contributed by atoms with Crippen molar-refractivity contribution >= 4 is 5.91 Å². The highest BCUT2D eigenvalue weighted by Crippen LogP contribution is 2.13. The molecule has 2 rings (SSSR count). The van der Waals surface area contributed by atoms with Crippen molar-refractivity contribution in [3.8, 4) is 5.69 Å². The van der Waals surface area contributed by atoms with Crippen molar-refractivity contribution in [1.29, 1.82) is 0 Å². The highest BCUT2D eigenvalue weighted by molar-refractivity contribution is 5.95. The van der Waals surface area contributed by atoms with Crippen molar-refractivity contribution in [2.75, 3.05) is 33.4 Å². The average Bonchev–Trinajstić information content (AvgIpc) is 3.04. The third-order valence-electron chi connectivity index (χ3n) is 3.21. The Kier molecular flexibility index (Phi) is 6.05. The van der Waals surface area contributed by atoms with Gasteiger partial charge in [-0.25, -0.2) is 9.67 Å². The van der Waals surface area contributed by atoms with Gasteiger partial charge < -0.3 is 15.4 Å². The lowest BCUT2D eigenvalue weighted by atomic mass is 10.1. The van der Waals surface area contributed by atoms with E-state index in [0.717, 1.165) is 17.8 Å². The fourth-order valence-corrected chi connectivity index (χ4v) is 2.05. The molecule has 22 heavy (non-hydrogen) atoms. The third kappa shape index (κ3) is 4.37. The number of methoxy groups -OCH3 is 1. The Balaban J connectivity index is 1.88. The molecule has 0 aliphatic heterocycles. The van der Waals surface area contributed by atoms with Crippen LogP contribution in [0.5, 0.6) is 0 Å². The van der Waals surface area contributed by atoms with Crippen LogP contribution in [0.4, 0.5) is 0 Å². The lowest BCUT2D eigenvalue weighted by molar-refractivity contribution is 0.0953. The van der Waals surface area contributed by atoms with Crippen molar-refractivity contribution in [2.24, 2.45) is 0 Å². The number of aromatic nitrogens is 3. The Morgan fingerprint density at radius 3 is 2.86 bits per heavy atom. The predicted molar refractivity (Wildman–Crippen MR) is 83.2 cm³/mol. The number of ether oxygens (including phenoxy) is 1. The van der Waals surface area contributed by atoms with Gasteiger partial charge in [-0.1, -0.05) is 0 Å². The Hall–Kier alpha value is -2.25. The lowest BCUT2D eigenvalue weighted by Gasteiger charge is -2.10. The van der Waals surface area contributed by atoms with E-state index in [2.05, 4.69) is 20.7 Å². The summed E-state index contributed by atoms with van der Waals surface area (Å²) in [6.45, 7) is 4.64. The van der Waals surface area contributed by atoms with Gasteiger partial charge in [-0.15, -0.1) is 0 Å². The first kappa shape index (κ1) is 16.1. The number of hydrogen-bond acceptors (Lipinski definition) is 5. The van der Waals surface area contributed by atoms with Crippen LogP contribution in [0.15, 0.2) is 30.9 Å². The number of rotatable bonds is 8. The molecule has 7 heteroatoms. The van der Waals surface area contributed by atoms with Gasteiger partial charge in [0, 0.05) is 32.3 Å². The van der Waals surface area contributed by atoms with E-state index >= 15 is 0 Å². The van der Waals surface area contributed by atoms with Crippen LogP contribution in [0.1, 0.15) is 15.9 Å². The predicted octanol–water partition coefficient (Wildman–Crippen LogP) is 0.542. The molecule has 2 aromatic rings. The molecule has 0 fully saturated rings. The molecular weight excluding hydrogens is 282 g/mol. The molecule has 0 aliphatic carbocycles. The molecule has 0 bridgehead atoms. The molecule has 0 atom stereocenters. The van der Waals surface area contributed by atoms with Crippen LogP contribution < -0.4 is 10.6 Å². The zero-order valence-electron chi connectivity index (χ0n) is 12.9. The highest BCUT2D eigenvalue weighted by Gasteiger charge is 2.09. The fraction of sp³-hybridized carbons (Fsp3) is 0.400. The Morgan fingerprint density at radius 1 is 1.32 bits per heavy atom. The number of benzene rings is 1. The summed E-state index contributed by atoms with van der Waals surface area (Å²) in [5.74, 6) is -0.0730. The molecule has 1 aromatic carbocycles. The molecule has 1 amide bonds. The fourth-order valence-electron chi connectivity index (χ4n) is 2.05. The minimum atomic E-state index is -0.0730. The Bertz CT molecular complexity index is 598. The van der Waals surface area contributed by atoms with Gasteiger partial charge in [-0.05, 0) is 30.7 Å². The second kappa shape index (κ2) is 8.26. The van der Waals surface area contributed by atoms with E-state index in [4.69, 9.17) is 4.74 Å². The molecule has 2 N–H and O–H groups in total. The van der Waals surface area contributed by atoms with Gasteiger partial charge in [-0.2, -0.15) is 5.10 Å². The molecule has 118 valence electrons. The minimum absolute atomic E-state index is 0.0730. The molecule has 1 heterocycles. The summed E-state index contributed by atoms with van der Waals surface area (Å²) in [4.78, 5) is 16.1. The van der Waals surface area contributed by atoms with Crippen molar-refractivity contribution in [2.45, 2.75) is 6.92 Å². The highest BCUT2D eigenvalue weighted by atomic mass is 16.5. The monoisotopic (exact) mass is 303 g/mol. The normalized spacial score (nSPS) is 10.6. The molecule has 1 aromatic heterocycles. The SMILES string of the molecule is COCCNCCNC(=O)c1ccc(-n2cncn2)cc1C. The van der Waals surface area contributed by atoms with Gasteiger partial charge in [0.2, 0.25) is 0 Å². The second-order valence-corrected chi connectivity index (χ2v) is 4.84. The first-order chi connectivity index (χ1) is 10.7. The summed E-state index contributed by atoms with van der Waals surface area (Å²) in [6, 6.07) is 5.58. The Labute approximate surface area is 129 Å². The Morgan fingerprint density at radius 2 is 2.18 bits per heavy atom.